The van der Waals surface area contributed by atoms with E-state index in [1.807, 2.05) is 13.8 Å². The normalized spacial score (nSPS) is 15.3. The maximum atomic E-state index is 15.2. The molecular formula is C30H31Cl2FN4O4. The number of nitrogens with zero attached hydrogens (tertiary/aromatic N) is 2. The molecule has 0 radical (unpaired) electrons. The Kier molecular flexibility index (Phi) is 9.24. The molecule has 0 aromatic heterocycles. The van der Waals surface area contributed by atoms with Gasteiger partial charge in [-0.05, 0) is 23.8 Å². The predicted molar refractivity (Wildman–Crippen MR) is 159 cm³/mol. The van der Waals surface area contributed by atoms with Gasteiger partial charge in [0.1, 0.15) is 17.1 Å². The van der Waals surface area contributed by atoms with Gasteiger partial charge in [-0.25, -0.2) is 4.39 Å². The zero-order chi connectivity index (χ0) is 30.0. The topological polar surface area (TPSA) is 94.1 Å². The molecule has 1 atom stereocenters. The van der Waals surface area contributed by atoms with Crippen molar-refractivity contribution >= 4 is 40.7 Å². The summed E-state index contributed by atoms with van der Waals surface area (Å²) in [5, 5.41) is 16.4. The highest BCUT2D eigenvalue weighted by molar-refractivity contribution is 6.40. The number of nitrogens with one attached hydrogen (secondary N) is 2. The summed E-state index contributed by atoms with van der Waals surface area (Å²) >= 11 is 13.6. The van der Waals surface area contributed by atoms with Crippen molar-refractivity contribution in [3.8, 4) is 28.0 Å². The number of anilines is 1. The Bertz CT molecular complexity index is 1530. The van der Waals surface area contributed by atoms with E-state index in [0.29, 0.717) is 45.1 Å². The van der Waals surface area contributed by atoms with Crippen molar-refractivity contribution in [2.75, 3.05) is 26.5 Å². The number of hydrogen-bond acceptors (Lipinski definition) is 6. The van der Waals surface area contributed by atoms with Crippen LogP contribution in [0.5, 0.6) is 5.75 Å². The van der Waals surface area contributed by atoms with Gasteiger partial charge in [-0.1, -0.05) is 67.4 Å². The van der Waals surface area contributed by atoms with Crippen LogP contribution in [0.15, 0.2) is 60.3 Å². The van der Waals surface area contributed by atoms with Crippen molar-refractivity contribution in [2.24, 2.45) is 0 Å². The second-order valence-corrected chi connectivity index (χ2v) is 10.7. The van der Waals surface area contributed by atoms with Crippen LogP contribution in [0, 0.1) is 5.82 Å². The molecule has 3 aromatic rings. The fourth-order valence-corrected chi connectivity index (χ4v) is 5.08. The van der Waals surface area contributed by atoms with Crippen LogP contribution in [0.25, 0.3) is 22.3 Å². The van der Waals surface area contributed by atoms with Gasteiger partial charge < -0.3 is 25.4 Å². The summed E-state index contributed by atoms with van der Waals surface area (Å²) in [6.07, 6.45) is 0.0969. The molecule has 1 heterocycles. The minimum absolute atomic E-state index is 0.162. The van der Waals surface area contributed by atoms with Gasteiger partial charge in [-0.15, -0.1) is 0 Å². The van der Waals surface area contributed by atoms with Crippen molar-refractivity contribution in [1.29, 1.82) is 0 Å². The van der Waals surface area contributed by atoms with Crippen LogP contribution in [-0.2, 0) is 16.1 Å². The number of carbonyl (C=O) groups is 2. The molecule has 0 bridgehead atoms. The third-order valence-corrected chi connectivity index (χ3v) is 7.56. The summed E-state index contributed by atoms with van der Waals surface area (Å²) in [4.78, 5) is 28.0. The van der Waals surface area contributed by atoms with E-state index < -0.39 is 24.0 Å². The monoisotopic (exact) mass is 600 g/mol. The Morgan fingerprint density at radius 1 is 1.07 bits per heavy atom. The van der Waals surface area contributed by atoms with Gasteiger partial charge in [-0.3, -0.25) is 14.5 Å². The lowest BCUT2D eigenvalue weighted by atomic mass is 9.97. The number of likely N-dealkylation sites (N-methyl/N-ethyl adjacent to an activating group) is 1. The molecule has 0 fully saturated rings. The Balaban J connectivity index is 1.69. The summed E-state index contributed by atoms with van der Waals surface area (Å²) in [6.45, 7) is 4.26. The first-order chi connectivity index (χ1) is 19.4. The van der Waals surface area contributed by atoms with E-state index in [9.17, 15) is 14.7 Å². The number of methoxy groups -OCH3 is 1. The lowest BCUT2D eigenvalue weighted by Crippen LogP contribution is -2.51. The van der Waals surface area contributed by atoms with Gasteiger partial charge in [0.15, 0.2) is 0 Å². The summed E-state index contributed by atoms with van der Waals surface area (Å²) < 4.78 is 20.7. The van der Waals surface area contributed by atoms with Crippen LogP contribution in [0.2, 0.25) is 10.0 Å². The molecule has 11 heteroatoms. The van der Waals surface area contributed by atoms with E-state index in [2.05, 4.69) is 10.6 Å². The van der Waals surface area contributed by atoms with Crippen molar-refractivity contribution in [3.05, 3.63) is 81.7 Å². The number of halogens is 3. The van der Waals surface area contributed by atoms with Gasteiger partial charge in [0, 0.05) is 55.1 Å². The summed E-state index contributed by atoms with van der Waals surface area (Å²) in [6, 6.07) is 13.7. The first-order valence-corrected chi connectivity index (χ1v) is 13.6. The third-order valence-electron chi connectivity index (χ3n) is 6.75. The van der Waals surface area contributed by atoms with Gasteiger partial charge in [0.25, 0.3) is 11.8 Å². The third kappa shape index (κ3) is 6.18. The largest absolute Gasteiger partial charge is 0.496 e. The average Bonchev–Trinajstić information content (AvgIpc) is 2.94. The van der Waals surface area contributed by atoms with E-state index in [1.165, 1.54) is 31.3 Å². The molecule has 4 rings (SSSR count). The van der Waals surface area contributed by atoms with E-state index in [4.69, 9.17) is 27.9 Å². The average molecular weight is 602 g/mol. The summed E-state index contributed by atoms with van der Waals surface area (Å²) in [5.74, 6) is -1.35. The van der Waals surface area contributed by atoms with E-state index in [-0.39, 0.29) is 22.3 Å². The molecule has 0 spiro atoms. The second kappa shape index (κ2) is 12.5. The molecular weight excluding hydrogens is 570 g/mol. The number of amides is 2. The van der Waals surface area contributed by atoms with Crippen LogP contribution in [0.1, 0.15) is 19.4 Å². The number of aliphatic hydroxyl groups is 1. The maximum Gasteiger partial charge on any atom is 0.264 e. The number of carbonyl (C=O) groups excluding carboxylic acids is 2. The quantitative estimate of drug-likeness (QED) is 0.297. The number of aliphatic hydroxyl groups excluding tert-OH is 1. The Labute approximate surface area is 248 Å². The Morgan fingerprint density at radius 2 is 1.71 bits per heavy atom. The van der Waals surface area contributed by atoms with Crippen LogP contribution < -0.4 is 15.4 Å². The molecule has 1 unspecified atom stereocenters. The predicted octanol–water partition coefficient (Wildman–Crippen LogP) is 5.48. The molecule has 8 nitrogen and oxygen atoms in total. The first kappa shape index (κ1) is 30.3. The number of hydrogen-bond donors (Lipinski definition) is 3. The highest BCUT2D eigenvalue weighted by Gasteiger charge is 2.33. The maximum absolute atomic E-state index is 15.2. The molecule has 3 N–H and O–H groups in total. The molecule has 0 aliphatic carbocycles. The van der Waals surface area contributed by atoms with Crippen LogP contribution in [0.3, 0.4) is 0 Å². The van der Waals surface area contributed by atoms with E-state index in [0.717, 1.165) is 4.90 Å². The van der Waals surface area contributed by atoms with Crippen molar-refractivity contribution in [2.45, 2.75) is 32.8 Å². The van der Waals surface area contributed by atoms with Crippen molar-refractivity contribution in [3.63, 3.8) is 0 Å². The van der Waals surface area contributed by atoms with Gasteiger partial charge in [-0.2, -0.15) is 0 Å². The standard InChI is InChI=1S/C30H31Cl2FN4O4/c1-16(2)34-14-21-23(33)12-17(13-25(21)41-5)18-8-6-9-19(26(18)31)20-10-7-11-24(27(20)32)35-28(38)22-15-36(3)30(40)37(4)29(22)39/h6-13,15-16,30,34,40H,14H2,1-5H3,(H,35,38). The number of benzene rings is 3. The zero-order valence-electron chi connectivity index (χ0n) is 23.3. The minimum Gasteiger partial charge on any atom is -0.496 e. The fourth-order valence-electron chi connectivity index (χ4n) is 4.47. The molecule has 216 valence electrons. The Hall–Kier alpha value is -3.63. The van der Waals surface area contributed by atoms with Gasteiger partial charge in [0.05, 0.1) is 22.8 Å². The molecule has 0 saturated carbocycles. The van der Waals surface area contributed by atoms with Crippen LogP contribution in [-0.4, -0.2) is 60.3 Å². The summed E-state index contributed by atoms with van der Waals surface area (Å²) in [7, 11) is 4.43. The first-order valence-electron chi connectivity index (χ1n) is 12.8. The second-order valence-electron chi connectivity index (χ2n) is 9.93. The fraction of sp³-hybridized carbons (Fsp3) is 0.267. The smallest absolute Gasteiger partial charge is 0.264 e. The molecule has 41 heavy (non-hydrogen) atoms. The van der Waals surface area contributed by atoms with Crippen LogP contribution in [0.4, 0.5) is 10.1 Å². The molecule has 1 aliphatic heterocycles. The molecule has 1 aliphatic rings. The minimum atomic E-state index is -1.18. The highest BCUT2D eigenvalue weighted by atomic mass is 35.5. The zero-order valence-corrected chi connectivity index (χ0v) is 24.8. The lowest BCUT2D eigenvalue weighted by molar-refractivity contribution is -0.148. The molecule has 2 amide bonds. The molecule has 3 aromatic carbocycles. The highest BCUT2D eigenvalue weighted by Crippen LogP contribution is 2.42. The van der Waals surface area contributed by atoms with Crippen molar-refractivity contribution in [1.82, 2.24) is 15.1 Å². The Morgan fingerprint density at radius 3 is 2.37 bits per heavy atom. The van der Waals surface area contributed by atoms with Gasteiger partial charge in [0.2, 0.25) is 6.35 Å². The van der Waals surface area contributed by atoms with E-state index >= 15 is 4.39 Å². The molecule has 0 saturated heterocycles. The SMILES string of the molecule is COc1cc(-c2cccc(-c3cccc(NC(=O)C4=CN(C)C(O)N(C)C4=O)c3Cl)c2Cl)cc(F)c1CNC(C)C. The summed E-state index contributed by atoms with van der Waals surface area (Å²) in [5.41, 5.74) is 2.69. The number of ether oxygens (including phenoxy) is 1. The van der Waals surface area contributed by atoms with Crippen molar-refractivity contribution < 1.29 is 23.8 Å². The number of rotatable bonds is 8. The van der Waals surface area contributed by atoms with E-state index in [1.54, 1.807) is 49.5 Å². The van der Waals surface area contributed by atoms with Crippen LogP contribution >= 0.6 is 23.2 Å². The lowest BCUT2D eigenvalue weighted by Gasteiger charge is -2.35. The van der Waals surface area contributed by atoms with Gasteiger partial charge >= 0.3 is 0 Å².